The van der Waals surface area contributed by atoms with Gasteiger partial charge in [0.2, 0.25) is 0 Å². The molecule has 0 unspecified atom stereocenters. The lowest BCUT2D eigenvalue weighted by Crippen LogP contribution is -2.46. The third-order valence-electron chi connectivity index (χ3n) is 6.55. The molecule has 1 aromatic carbocycles. The van der Waals surface area contributed by atoms with E-state index >= 15 is 0 Å². The average Bonchev–Trinajstić information content (AvgIpc) is 3.01. The molecule has 31 heavy (non-hydrogen) atoms. The molecule has 170 valence electrons. The van der Waals surface area contributed by atoms with Gasteiger partial charge < -0.3 is 9.80 Å². The van der Waals surface area contributed by atoms with Crippen LogP contribution in [0.3, 0.4) is 0 Å². The zero-order valence-electron chi connectivity index (χ0n) is 17.6. The van der Waals surface area contributed by atoms with Gasteiger partial charge in [-0.25, -0.2) is 4.79 Å². The second-order valence-corrected chi connectivity index (χ2v) is 8.56. The van der Waals surface area contributed by atoms with Crippen LogP contribution in [0.1, 0.15) is 37.7 Å². The monoisotopic (exact) mass is 438 g/mol. The Kier molecular flexibility index (Phi) is 6.41. The van der Waals surface area contributed by atoms with Crippen molar-refractivity contribution in [3.63, 3.8) is 0 Å². The highest BCUT2D eigenvalue weighted by Gasteiger charge is 2.45. The van der Waals surface area contributed by atoms with E-state index in [0.717, 1.165) is 57.8 Å². The number of fused-ring (bicyclic) bond motifs is 1. The topological polar surface area (TPSA) is 47.1 Å². The second kappa shape index (κ2) is 9.06. The number of amides is 3. The van der Waals surface area contributed by atoms with Gasteiger partial charge in [0, 0.05) is 45.0 Å². The molecular formula is C22H29F3N4O2. The molecule has 3 aliphatic heterocycles. The van der Waals surface area contributed by atoms with Crippen LogP contribution in [-0.2, 0) is 11.0 Å². The van der Waals surface area contributed by atoms with Crippen molar-refractivity contribution in [1.82, 2.24) is 14.7 Å². The van der Waals surface area contributed by atoms with Crippen molar-refractivity contribution in [3.05, 3.63) is 29.8 Å². The molecule has 1 aromatic rings. The summed E-state index contributed by atoms with van der Waals surface area (Å²) in [5, 5.41) is 0. The molecule has 1 atom stereocenters. The Balaban J connectivity index is 1.19. The molecule has 3 saturated heterocycles. The molecule has 0 bridgehead atoms. The molecule has 3 heterocycles. The van der Waals surface area contributed by atoms with Crippen LogP contribution in [0.2, 0.25) is 0 Å². The smallest absolute Gasteiger partial charge is 0.369 e. The number of halogens is 3. The molecule has 3 amide bonds. The summed E-state index contributed by atoms with van der Waals surface area (Å²) in [7, 11) is 0. The van der Waals surface area contributed by atoms with Crippen molar-refractivity contribution in [3.8, 4) is 0 Å². The minimum absolute atomic E-state index is 0.0422. The number of anilines is 1. The van der Waals surface area contributed by atoms with Gasteiger partial charge in [-0.15, -0.1) is 0 Å². The molecule has 0 radical (unpaired) electrons. The number of imide groups is 1. The SMILES string of the molecule is O=C1[C@@H]2CCCCN2C(=O)N1CCCCN1CCN(c2cccc(C(F)(F)F)c2)CC1. The molecule has 0 aliphatic carbocycles. The molecule has 0 spiro atoms. The van der Waals surface area contributed by atoms with E-state index in [9.17, 15) is 22.8 Å². The Hall–Kier alpha value is -2.29. The number of alkyl halides is 3. The van der Waals surface area contributed by atoms with Gasteiger partial charge in [0.25, 0.3) is 5.91 Å². The van der Waals surface area contributed by atoms with E-state index < -0.39 is 11.7 Å². The molecule has 0 saturated carbocycles. The predicted octanol–water partition coefficient (Wildman–Crippen LogP) is 3.42. The van der Waals surface area contributed by atoms with Crippen molar-refractivity contribution in [2.24, 2.45) is 0 Å². The van der Waals surface area contributed by atoms with Crippen LogP contribution in [0.25, 0.3) is 0 Å². The molecule has 0 N–H and O–H groups in total. The van der Waals surface area contributed by atoms with Crippen LogP contribution in [0.15, 0.2) is 24.3 Å². The first-order valence-electron chi connectivity index (χ1n) is 11.1. The van der Waals surface area contributed by atoms with Crippen molar-refractivity contribution in [2.75, 3.05) is 50.7 Å². The van der Waals surface area contributed by atoms with E-state index in [4.69, 9.17) is 0 Å². The Labute approximate surface area is 180 Å². The summed E-state index contributed by atoms with van der Waals surface area (Å²) in [6.45, 7) is 4.94. The summed E-state index contributed by atoms with van der Waals surface area (Å²) in [6, 6.07) is 5.12. The van der Waals surface area contributed by atoms with Gasteiger partial charge in [-0.1, -0.05) is 6.07 Å². The van der Waals surface area contributed by atoms with E-state index in [0.29, 0.717) is 31.9 Å². The first-order chi connectivity index (χ1) is 14.8. The Bertz CT molecular complexity index is 784. The predicted molar refractivity (Wildman–Crippen MR) is 111 cm³/mol. The maximum Gasteiger partial charge on any atom is 0.416 e. The lowest BCUT2D eigenvalue weighted by Gasteiger charge is -2.36. The summed E-state index contributed by atoms with van der Waals surface area (Å²) in [5.74, 6) is -0.0422. The summed E-state index contributed by atoms with van der Waals surface area (Å²) < 4.78 is 38.8. The van der Waals surface area contributed by atoms with Gasteiger partial charge in [-0.3, -0.25) is 14.6 Å². The van der Waals surface area contributed by atoms with Gasteiger partial charge in [-0.05, 0) is 56.8 Å². The number of hydrogen-bond donors (Lipinski definition) is 0. The van der Waals surface area contributed by atoms with E-state index in [1.165, 1.54) is 17.0 Å². The number of nitrogens with zero attached hydrogens (tertiary/aromatic N) is 4. The molecular weight excluding hydrogens is 409 g/mol. The Morgan fingerprint density at radius 1 is 0.935 bits per heavy atom. The molecule has 9 heteroatoms. The highest BCUT2D eigenvalue weighted by atomic mass is 19.4. The lowest BCUT2D eigenvalue weighted by atomic mass is 10.0. The van der Waals surface area contributed by atoms with Crippen LogP contribution >= 0.6 is 0 Å². The maximum atomic E-state index is 12.9. The normalized spacial score (nSPS) is 22.9. The van der Waals surface area contributed by atoms with Crippen molar-refractivity contribution in [1.29, 1.82) is 0 Å². The number of hydrogen-bond acceptors (Lipinski definition) is 4. The van der Waals surface area contributed by atoms with Crippen molar-refractivity contribution < 1.29 is 22.8 Å². The van der Waals surface area contributed by atoms with Crippen LogP contribution in [0, 0.1) is 0 Å². The number of piperidine rings is 1. The third kappa shape index (κ3) is 4.81. The van der Waals surface area contributed by atoms with E-state index in [1.54, 1.807) is 11.0 Å². The maximum absolute atomic E-state index is 12.9. The number of benzene rings is 1. The standard InChI is InChI=1S/C22H29F3N4O2/c23-22(24,25)17-6-5-7-18(16-17)27-14-12-26(13-15-27)9-3-4-11-29-20(30)19-8-1-2-10-28(19)21(29)31/h5-7,16,19H,1-4,8-15H2/t19-/m0/s1. The number of rotatable bonds is 6. The Morgan fingerprint density at radius 2 is 1.68 bits per heavy atom. The third-order valence-corrected chi connectivity index (χ3v) is 6.55. The van der Waals surface area contributed by atoms with E-state index in [-0.39, 0.29) is 18.0 Å². The van der Waals surface area contributed by atoms with E-state index in [1.807, 2.05) is 4.90 Å². The fraction of sp³-hybridized carbons (Fsp3) is 0.636. The minimum atomic E-state index is -4.33. The van der Waals surface area contributed by atoms with Gasteiger partial charge in [0.15, 0.2) is 0 Å². The lowest BCUT2D eigenvalue weighted by molar-refractivity contribution is -0.137. The van der Waals surface area contributed by atoms with Crippen LogP contribution in [-0.4, -0.2) is 78.5 Å². The van der Waals surface area contributed by atoms with Gasteiger partial charge in [0.1, 0.15) is 6.04 Å². The minimum Gasteiger partial charge on any atom is -0.369 e. The summed E-state index contributed by atoms with van der Waals surface area (Å²) >= 11 is 0. The second-order valence-electron chi connectivity index (χ2n) is 8.56. The molecule has 3 aliphatic rings. The van der Waals surface area contributed by atoms with Crippen molar-refractivity contribution in [2.45, 2.75) is 44.3 Å². The number of urea groups is 1. The van der Waals surface area contributed by atoms with Gasteiger partial charge in [0.05, 0.1) is 5.56 Å². The molecule has 0 aromatic heterocycles. The zero-order valence-corrected chi connectivity index (χ0v) is 17.6. The molecule has 6 nitrogen and oxygen atoms in total. The largest absolute Gasteiger partial charge is 0.416 e. The summed E-state index contributed by atoms with van der Waals surface area (Å²) in [6.07, 6.45) is 0.0650. The van der Waals surface area contributed by atoms with Gasteiger partial charge >= 0.3 is 12.2 Å². The zero-order chi connectivity index (χ0) is 22.0. The average molecular weight is 438 g/mol. The van der Waals surface area contributed by atoms with Crippen molar-refractivity contribution >= 4 is 17.6 Å². The van der Waals surface area contributed by atoms with Crippen LogP contribution in [0.4, 0.5) is 23.7 Å². The highest BCUT2D eigenvalue weighted by molar-refractivity contribution is 6.04. The number of unbranched alkanes of at least 4 members (excludes halogenated alkanes) is 1. The van der Waals surface area contributed by atoms with Gasteiger partial charge in [-0.2, -0.15) is 13.2 Å². The first kappa shape index (κ1) is 21.9. The molecule has 3 fully saturated rings. The van der Waals surface area contributed by atoms with Crippen LogP contribution in [0.5, 0.6) is 0 Å². The van der Waals surface area contributed by atoms with Crippen LogP contribution < -0.4 is 4.90 Å². The number of carbonyl (C=O) groups excluding carboxylic acids is 2. The first-order valence-corrected chi connectivity index (χ1v) is 11.1. The number of carbonyl (C=O) groups is 2. The summed E-state index contributed by atoms with van der Waals surface area (Å²) in [4.78, 5) is 32.3. The fourth-order valence-electron chi connectivity index (χ4n) is 4.77. The quantitative estimate of drug-likeness (QED) is 0.505. The highest BCUT2D eigenvalue weighted by Crippen LogP contribution is 2.32. The molecule has 4 rings (SSSR count). The summed E-state index contributed by atoms with van der Waals surface area (Å²) in [5.41, 5.74) is -0.00777. The Morgan fingerprint density at radius 3 is 2.39 bits per heavy atom. The van der Waals surface area contributed by atoms with E-state index in [2.05, 4.69) is 4.90 Å². The number of piperazine rings is 1. The fourth-order valence-corrected chi connectivity index (χ4v) is 4.77.